The van der Waals surface area contributed by atoms with Crippen LogP contribution < -0.4 is 10.6 Å². The molecule has 6 heteroatoms. The van der Waals surface area contributed by atoms with Crippen LogP contribution in [0.15, 0.2) is 36.7 Å². The number of nitrogens with one attached hydrogen (secondary N) is 2. The van der Waals surface area contributed by atoms with Gasteiger partial charge in [-0.3, -0.25) is 4.79 Å². The van der Waals surface area contributed by atoms with Gasteiger partial charge in [0.1, 0.15) is 0 Å². The highest BCUT2D eigenvalue weighted by atomic mass is 35.5. The second-order valence-electron chi connectivity index (χ2n) is 4.88. The quantitative estimate of drug-likeness (QED) is 0.769. The fourth-order valence-electron chi connectivity index (χ4n) is 1.80. The van der Waals surface area contributed by atoms with Crippen molar-refractivity contribution in [2.75, 3.05) is 11.9 Å². The first-order chi connectivity index (χ1) is 10.7. The van der Waals surface area contributed by atoms with E-state index in [0.717, 1.165) is 24.9 Å². The number of nitrogens with zero attached hydrogens (tertiary/aromatic N) is 2. The maximum Gasteiger partial charge on any atom is 0.254 e. The van der Waals surface area contributed by atoms with Gasteiger partial charge in [0.25, 0.3) is 5.91 Å². The summed E-state index contributed by atoms with van der Waals surface area (Å²) in [6.07, 6.45) is 5.22. The molecule has 0 aliphatic heterocycles. The SMILES string of the molecule is CCCCNc1ncc(C(=O)NCc2ccc(Cl)cc2)cn1. The van der Waals surface area contributed by atoms with E-state index in [2.05, 4.69) is 27.5 Å². The molecule has 1 heterocycles. The average molecular weight is 319 g/mol. The number of carbonyl (C=O) groups is 1. The van der Waals surface area contributed by atoms with Crippen LogP contribution in [0.3, 0.4) is 0 Å². The number of carbonyl (C=O) groups excluding carboxylic acids is 1. The predicted octanol–water partition coefficient (Wildman–Crippen LogP) is 3.27. The predicted molar refractivity (Wildman–Crippen MR) is 88.1 cm³/mol. The van der Waals surface area contributed by atoms with Crippen molar-refractivity contribution in [1.82, 2.24) is 15.3 Å². The third-order valence-electron chi connectivity index (χ3n) is 3.09. The molecule has 0 fully saturated rings. The molecule has 1 aromatic heterocycles. The van der Waals surface area contributed by atoms with E-state index in [1.165, 1.54) is 12.4 Å². The Hall–Kier alpha value is -2.14. The summed E-state index contributed by atoms with van der Waals surface area (Å²) in [6, 6.07) is 7.34. The zero-order valence-electron chi connectivity index (χ0n) is 12.5. The molecule has 22 heavy (non-hydrogen) atoms. The van der Waals surface area contributed by atoms with Crippen molar-refractivity contribution >= 4 is 23.5 Å². The summed E-state index contributed by atoms with van der Waals surface area (Å²) in [5.41, 5.74) is 1.42. The van der Waals surface area contributed by atoms with Gasteiger partial charge in [-0.1, -0.05) is 37.1 Å². The maximum atomic E-state index is 12.0. The molecule has 1 amide bonds. The van der Waals surface area contributed by atoms with Gasteiger partial charge in [0.2, 0.25) is 5.95 Å². The van der Waals surface area contributed by atoms with Gasteiger partial charge in [0, 0.05) is 30.5 Å². The van der Waals surface area contributed by atoms with Gasteiger partial charge >= 0.3 is 0 Å². The normalized spacial score (nSPS) is 10.3. The molecule has 116 valence electrons. The maximum absolute atomic E-state index is 12.0. The highest BCUT2D eigenvalue weighted by molar-refractivity contribution is 6.30. The monoisotopic (exact) mass is 318 g/mol. The Bertz CT molecular complexity index is 599. The molecule has 0 aliphatic carbocycles. The Morgan fingerprint density at radius 3 is 2.50 bits per heavy atom. The molecule has 0 bridgehead atoms. The summed E-state index contributed by atoms with van der Waals surface area (Å²) >= 11 is 5.82. The van der Waals surface area contributed by atoms with Gasteiger partial charge in [-0.05, 0) is 24.1 Å². The molecule has 1 aromatic carbocycles. The Balaban J connectivity index is 1.85. The molecule has 0 aliphatic rings. The van der Waals surface area contributed by atoms with Crippen LogP contribution in [0.5, 0.6) is 0 Å². The summed E-state index contributed by atoms with van der Waals surface area (Å²) in [7, 11) is 0. The number of unbranched alkanes of at least 4 members (excludes halogenated alkanes) is 1. The van der Waals surface area contributed by atoms with E-state index in [9.17, 15) is 4.79 Å². The second-order valence-corrected chi connectivity index (χ2v) is 5.32. The lowest BCUT2D eigenvalue weighted by Crippen LogP contribution is -2.23. The number of hydrogen-bond acceptors (Lipinski definition) is 4. The van der Waals surface area contributed by atoms with Crippen molar-refractivity contribution in [2.24, 2.45) is 0 Å². The van der Waals surface area contributed by atoms with Crippen LogP contribution in [0.2, 0.25) is 5.02 Å². The van der Waals surface area contributed by atoms with Crippen molar-refractivity contribution in [3.63, 3.8) is 0 Å². The zero-order chi connectivity index (χ0) is 15.8. The minimum absolute atomic E-state index is 0.199. The summed E-state index contributed by atoms with van der Waals surface area (Å²) in [5, 5.41) is 6.61. The number of hydrogen-bond donors (Lipinski definition) is 2. The van der Waals surface area contributed by atoms with E-state index < -0.39 is 0 Å². The molecule has 0 unspecified atom stereocenters. The van der Waals surface area contributed by atoms with Crippen LogP contribution in [0, 0.1) is 0 Å². The van der Waals surface area contributed by atoms with Crippen molar-refractivity contribution < 1.29 is 4.79 Å². The van der Waals surface area contributed by atoms with Gasteiger partial charge < -0.3 is 10.6 Å². The van der Waals surface area contributed by atoms with Crippen molar-refractivity contribution in [3.8, 4) is 0 Å². The van der Waals surface area contributed by atoms with E-state index in [-0.39, 0.29) is 5.91 Å². The largest absolute Gasteiger partial charge is 0.354 e. The molecular weight excluding hydrogens is 300 g/mol. The van der Waals surface area contributed by atoms with Gasteiger partial charge in [-0.2, -0.15) is 0 Å². The van der Waals surface area contributed by atoms with E-state index >= 15 is 0 Å². The van der Waals surface area contributed by atoms with Crippen LogP contribution in [0.25, 0.3) is 0 Å². The van der Waals surface area contributed by atoms with E-state index in [1.54, 1.807) is 12.1 Å². The number of halogens is 1. The van der Waals surface area contributed by atoms with Crippen molar-refractivity contribution in [3.05, 3.63) is 52.8 Å². The molecule has 2 rings (SSSR count). The number of benzene rings is 1. The lowest BCUT2D eigenvalue weighted by Gasteiger charge is -2.06. The van der Waals surface area contributed by atoms with Crippen LogP contribution in [0.1, 0.15) is 35.7 Å². The molecule has 0 saturated carbocycles. The smallest absolute Gasteiger partial charge is 0.254 e. The molecule has 0 spiro atoms. The van der Waals surface area contributed by atoms with Crippen molar-refractivity contribution in [1.29, 1.82) is 0 Å². The van der Waals surface area contributed by atoms with E-state index in [4.69, 9.17) is 11.6 Å². The fourth-order valence-corrected chi connectivity index (χ4v) is 1.93. The number of rotatable bonds is 7. The first-order valence-corrected chi connectivity index (χ1v) is 7.65. The summed E-state index contributed by atoms with van der Waals surface area (Å²) in [4.78, 5) is 20.3. The van der Waals surface area contributed by atoms with Gasteiger partial charge in [0.15, 0.2) is 0 Å². The van der Waals surface area contributed by atoms with Crippen LogP contribution >= 0.6 is 11.6 Å². The first-order valence-electron chi connectivity index (χ1n) is 7.27. The molecule has 2 N–H and O–H groups in total. The first kappa shape index (κ1) is 16.2. The number of anilines is 1. The standard InChI is InChI=1S/C16H19ClN4O/c1-2-3-8-18-16-20-10-13(11-21-16)15(22)19-9-12-4-6-14(17)7-5-12/h4-7,10-11H,2-3,8-9H2,1H3,(H,19,22)(H,18,20,21). The van der Waals surface area contributed by atoms with Crippen LogP contribution in [-0.2, 0) is 6.54 Å². The molecule has 5 nitrogen and oxygen atoms in total. The van der Waals surface area contributed by atoms with Gasteiger partial charge in [-0.15, -0.1) is 0 Å². The van der Waals surface area contributed by atoms with Crippen LogP contribution in [-0.4, -0.2) is 22.4 Å². The van der Waals surface area contributed by atoms with Gasteiger partial charge in [0.05, 0.1) is 5.56 Å². The van der Waals surface area contributed by atoms with E-state index in [0.29, 0.717) is 23.1 Å². The fraction of sp³-hybridized carbons (Fsp3) is 0.312. The van der Waals surface area contributed by atoms with Crippen molar-refractivity contribution in [2.45, 2.75) is 26.3 Å². The molecule has 0 saturated heterocycles. The molecule has 0 radical (unpaired) electrons. The minimum Gasteiger partial charge on any atom is -0.354 e. The summed E-state index contributed by atoms with van der Waals surface area (Å²) in [6.45, 7) is 3.39. The third kappa shape index (κ3) is 5.00. The highest BCUT2D eigenvalue weighted by Crippen LogP contribution is 2.09. The average Bonchev–Trinajstić information content (AvgIpc) is 2.55. The second kappa shape index (κ2) is 8.34. The highest BCUT2D eigenvalue weighted by Gasteiger charge is 2.07. The number of aromatic nitrogens is 2. The molecule has 2 aromatic rings. The third-order valence-corrected chi connectivity index (χ3v) is 3.35. The van der Waals surface area contributed by atoms with Gasteiger partial charge in [-0.25, -0.2) is 9.97 Å². The van der Waals surface area contributed by atoms with E-state index in [1.807, 2.05) is 12.1 Å². The lowest BCUT2D eigenvalue weighted by molar-refractivity contribution is 0.0950. The minimum atomic E-state index is -0.199. The molecular formula is C16H19ClN4O. The molecule has 0 atom stereocenters. The van der Waals surface area contributed by atoms with Crippen LogP contribution in [0.4, 0.5) is 5.95 Å². The zero-order valence-corrected chi connectivity index (χ0v) is 13.2. The number of amides is 1. The topological polar surface area (TPSA) is 66.9 Å². The Kier molecular flexibility index (Phi) is 6.15. The summed E-state index contributed by atoms with van der Waals surface area (Å²) in [5.74, 6) is 0.345. The Labute approximate surface area is 135 Å². The lowest BCUT2D eigenvalue weighted by atomic mass is 10.2. The Morgan fingerprint density at radius 2 is 1.86 bits per heavy atom. The Morgan fingerprint density at radius 1 is 1.18 bits per heavy atom. The summed E-state index contributed by atoms with van der Waals surface area (Å²) < 4.78 is 0.